The van der Waals surface area contributed by atoms with Gasteiger partial charge in [0.05, 0.1) is 11.6 Å². The van der Waals surface area contributed by atoms with Crippen molar-refractivity contribution in [2.24, 2.45) is 0 Å². The van der Waals surface area contributed by atoms with E-state index in [0.717, 1.165) is 6.07 Å². The fourth-order valence-electron chi connectivity index (χ4n) is 1.57. The van der Waals surface area contributed by atoms with Gasteiger partial charge >= 0.3 is 0 Å². The highest BCUT2D eigenvalue weighted by molar-refractivity contribution is 9.08. The van der Waals surface area contributed by atoms with Crippen molar-refractivity contribution in [3.05, 3.63) is 58.1 Å². The standard InChI is InChI=1S/C14H7BrClF2NO/c15-6-9-1-2-12(17)14(13(9)18)20-11-4-8(7-19)3-10(16)5-11/h1-5H,6H2. The minimum Gasteiger partial charge on any atom is -0.451 e. The molecule has 0 N–H and O–H groups in total. The summed E-state index contributed by atoms with van der Waals surface area (Å²) in [5, 5.41) is 9.30. The van der Waals surface area contributed by atoms with Crippen molar-refractivity contribution in [1.29, 1.82) is 5.26 Å². The Balaban J connectivity index is 2.45. The molecule has 0 fully saturated rings. The van der Waals surface area contributed by atoms with Crippen molar-refractivity contribution >= 4 is 27.5 Å². The predicted octanol–water partition coefficient (Wildman–Crippen LogP) is 5.18. The second-order valence-electron chi connectivity index (χ2n) is 3.87. The highest BCUT2D eigenvalue weighted by atomic mass is 79.9. The van der Waals surface area contributed by atoms with Crippen LogP contribution in [0.4, 0.5) is 8.78 Å². The van der Waals surface area contributed by atoms with Crippen LogP contribution in [-0.2, 0) is 5.33 Å². The first-order chi connectivity index (χ1) is 9.55. The Morgan fingerprint density at radius 1 is 1.25 bits per heavy atom. The van der Waals surface area contributed by atoms with Gasteiger partial charge in [-0.25, -0.2) is 8.78 Å². The zero-order valence-corrected chi connectivity index (χ0v) is 12.3. The molecule has 0 spiro atoms. The maximum absolute atomic E-state index is 14.0. The normalized spacial score (nSPS) is 10.2. The SMILES string of the molecule is N#Cc1cc(Cl)cc(Oc2c(F)ccc(CBr)c2F)c1. The largest absolute Gasteiger partial charge is 0.451 e. The second kappa shape index (κ2) is 6.21. The van der Waals surface area contributed by atoms with Crippen molar-refractivity contribution in [3.8, 4) is 17.6 Å². The van der Waals surface area contributed by atoms with Gasteiger partial charge in [-0.05, 0) is 24.3 Å². The number of nitriles is 1. The summed E-state index contributed by atoms with van der Waals surface area (Å²) in [4.78, 5) is 0. The molecule has 0 aliphatic heterocycles. The number of nitrogens with zero attached hydrogens (tertiary/aromatic N) is 1. The topological polar surface area (TPSA) is 33.0 Å². The Labute approximate surface area is 127 Å². The van der Waals surface area contributed by atoms with Gasteiger partial charge < -0.3 is 4.74 Å². The molecule has 0 aromatic heterocycles. The summed E-state index contributed by atoms with van der Waals surface area (Å²) in [6.07, 6.45) is 0. The van der Waals surface area contributed by atoms with Gasteiger partial charge in [-0.1, -0.05) is 33.6 Å². The molecule has 2 aromatic rings. The van der Waals surface area contributed by atoms with E-state index in [1.165, 1.54) is 24.3 Å². The van der Waals surface area contributed by atoms with E-state index in [1.54, 1.807) is 0 Å². The zero-order chi connectivity index (χ0) is 14.7. The summed E-state index contributed by atoms with van der Waals surface area (Å²) in [5.41, 5.74) is 0.508. The van der Waals surface area contributed by atoms with Gasteiger partial charge in [0.2, 0.25) is 0 Å². The maximum Gasteiger partial charge on any atom is 0.198 e. The third-order valence-electron chi connectivity index (χ3n) is 2.49. The van der Waals surface area contributed by atoms with Crippen LogP contribution in [0.25, 0.3) is 0 Å². The fraction of sp³-hybridized carbons (Fsp3) is 0.0714. The van der Waals surface area contributed by atoms with E-state index in [2.05, 4.69) is 15.9 Å². The van der Waals surface area contributed by atoms with Gasteiger partial charge in [0, 0.05) is 15.9 Å². The maximum atomic E-state index is 14.0. The van der Waals surface area contributed by atoms with Crippen LogP contribution in [-0.4, -0.2) is 0 Å². The lowest BCUT2D eigenvalue weighted by molar-refractivity contribution is 0.405. The molecular formula is C14H7BrClF2NO. The fourth-order valence-corrected chi connectivity index (χ4v) is 2.23. The molecule has 0 atom stereocenters. The lowest BCUT2D eigenvalue weighted by atomic mass is 10.2. The molecule has 2 rings (SSSR count). The van der Waals surface area contributed by atoms with Crippen molar-refractivity contribution in [3.63, 3.8) is 0 Å². The number of benzene rings is 2. The van der Waals surface area contributed by atoms with Crippen LogP contribution in [0.3, 0.4) is 0 Å². The van der Waals surface area contributed by atoms with Gasteiger partial charge in [-0.2, -0.15) is 5.26 Å². The smallest absolute Gasteiger partial charge is 0.198 e. The van der Waals surface area contributed by atoms with Crippen molar-refractivity contribution in [1.82, 2.24) is 0 Å². The van der Waals surface area contributed by atoms with Gasteiger partial charge in [-0.3, -0.25) is 0 Å². The van der Waals surface area contributed by atoms with Gasteiger partial charge in [0.15, 0.2) is 17.4 Å². The third kappa shape index (κ3) is 3.09. The average Bonchev–Trinajstić information content (AvgIpc) is 2.43. The number of halogens is 4. The molecule has 0 saturated heterocycles. The van der Waals surface area contributed by atoms with Gasteiger partial charge in [0.1, 0.15) is 5.75 Å². The van der Waals surface area contributed by atoms with Crippen LogP contribution in [0.15, 0.2) is 30.3 Å². The summed E-state index contributed by atoms with van der Waals surface area (Å²) in [5.74, 6) is -2.04. The third-order valence-corrected chi connectivity index (χ3v) is 3.32. The first-order valence-electron chi connectivity index (χ1n) is 5.46. The number of alkyl halides is 1. The second-order valence-corrected chi connectivity index (χ2v) is 4.87. The highest BCUT2D eigenvalue weighted by Crippen LogP contribution is 2.32. The first kappa shape index (κ1) is 14.8. The molecular weight excluding hydrogens is 352 g/mol. The Bertz CT molecular complexity index is 700. The zero-order valence-electron chi connectivity index (χ0n) is 9.96. The van der Waals surface area contributed by atoms with Gasteiger partial charge in [-0.15, -0.1) is 0 Å². The molecule has 20 heavy (non-hydrogen) atoms. The van der Waals surface area contributed by atoms with Crippen molar-refractivity contribution < 1.29 is 13.5 Å². The average molecular weight is 359 g/mol. The Hall–Kier alpha value is -1.64. The van der Waals surface area contributed by atoms with Crippen LogP contribution in [0, 0.1) is 23.0 Å². The lowest BCUT2D eigenvalue weighted by Gasteiger charge is -2.10. The minimum absolute atomic E-state index is 0.0959. The molecule has 0 aliphatic rings. The highest BCUT2D eigenvalue weighted by Gasteiger charge is 2.16. The van der Waals surface area contributed by atoms with Crippen LogP contribution in [0.2, 0.25) is 5.02 Å². The number of rotatable bonds is 3. The minimum atomic E-state index is -0.828. The molecule has 0 heterocycles. The van der Waals surface area contributed by atoms with Crippen LogP contribution in [0.1, 0.15) is 11.1 Å². The predicted molar refractivity (Wildman–Crippen MR) is 75.2 cm³/mol. The van der Waals surface area contributed by atoms with Crippen molar-refractivity contribution in [2.45, 2.75) is 5.33 Å². The molecule has 2 nitrogen and oxygen atoms in total. The van der Waals surface area contributed by atoms with E-state index >= 15 is 0 Å². The van der Waals surface area contributed by atoms with E-state index < -0.39 is 17.4 Å². The van der Waals surface area contributed by atoms with E-state index in [9.17, 15) is 8.78 Å². The quantitative estimate of drug-likeness (QED) is 0.709. The van der Waals surface area contributed by atoms with E-state index in [1.807, 2.05) is 6.07 Å². The number of ether oxygens (including phenoxy) is 1. The molecule has 0 bridgehead atoms. The lowest BCUT2D eigenvalue weighted by Crippen LogP contribution is -1.96. The summed E-state index contributed by atoms with van der Waals surface area (Å²) in [6.45, 7) is 0. The van der Waals surface area contributed by atoms with E-state index in [4.69, 9.17) is 21.6 Å². The number of hydrogen-bond acceptors (Lipinski definition) is 2. The molecule has 0 unspecified atom stereocenters. The van der Waals surface area contributed by atoms with E-state index in [-0.39, 0.29) is 27.2 Å². The number of hydrogen-bond donors (Lipinski definition) is 0. The summed E-state index contributed by atoms with van der Waals surface area (Å²) >= 11 is 8.91. The molecule has 0 amide bonds. The van der Waals surface area contributed by atoms with Crippen LogP contribution in [0.5, 0.6) is 11.5 Å². The molecule has 0 radical (unpaired) electrons. The summed E-state index contributed by atoms with van der Waals surface area (Å²) in [6, 6.07) is 8.48. The summed E-state index contributed by atoms with van der Waals surface area (Å²) in [7, 11) is 0. The first-order valence-corrected chi connectivity index (χ1v) is 6.96. The monoisotopic (exact) mass is 357 g/mol. The Morgan fingerprint density at radius 3 is 2.65 bits per heavy atom. The Kier molecular flexibility index (Phi) is 4.58. The molecule has 102 valence electrons. The summed E-state index contributed by atoms with van der Waals surface area (Å²) < 4.78 is 32.9. The molecule has 6 heteroatoms. The molecule has 2 aromatic carbocycles. The van der Waals surface area contributed by atoms with Crippen LogP contribution >= 0.6 is 27.5 Å². The van der Waals surface area contributed by atoms with E-state index in [0.29, 0.717) is 0 Å². The van der Waals surface area contributed by atoms with Crippen LogP contribution < -0.4 is 4.74 Å². The Morgan fingerprint density at radius 2 is 2.00 bits per heavy atom. The van der Waals surface area contributed by atoms with Gasteiger partial charge in [0.25, 0.3) is 0 Å². The molecule has 0 aliphatic carbocycles. The molecule has 0 saturated carbocycles. The van der Waals surface area contributed by atoms with Crippen molar-refractivity contribution in [2.75, 3.05) is 0 Å².